The van der Waals surface area contributed by atoms with Gasteiger partial charge in [0, 0.05) is 13.0 Å². The Labute approximate surface area is 73.0 Å². The van der Waals surface area contributed by atoms with Crippen LogP contribution in [0, 0.1) is 5.92 Å². The Balaban J connectivity index is 4.22. The molecule has 0 amide bonds. The van der Waals surface area contributed by atoms with Gasteiger partial charge in [-0.15, -0.1) is 6.58 Å². The standard InChI is InChI=1S/C9H16O3/c1-4-6-7(5-2)8(12-3)9(10)11/h5,7-8H,2,4,6H2,1,3H3,(H,10,11). The quantitative estimate of drug-likeness (QED) is 0.620. The minimum Gasteiger partial charge on any atom is -0.479 e. The van der Waals surface area contributed by atoms with Crippen LogP contribution in [0.3, 0.4) is 0 Å². The summed E-state index contributed by atoms with van der Waals surface area (Å²) in [4.78, 5) is 10.6. The molecule has 3 heteroatoms. The monoisotopic (exact) mass is 172 g/mol. The molecular formula is C9H16O3. The molecule has 0 aliphatic rings. The van der Waals surface area contributed by atoms with Gasteiger partial charge in [-0.25, -0.2) is 4.79 Å². The zero-order valence-electron chi connectivity index (χ0n) is 7.62. The third-order valence-corrected chi connectivity index (χ3v) is 1.81. The normalized spacial score (nSPS) is 15.2. The number of hydrogen-bond donors (Lipinski definition) is 1. The van der Waals surface area contributed by atoms with E-state index in [0.29, 0.717) is 0 Å². The highest BCUT2D eigenvalue weighted by Crippen LogP contribution is 2.15. The number of methoxy groups -OCH3 is 1. The fourth-order valence-electron chi connectivity index (χ4n) is 1.18. The van der Waals surface area contributed by atoms with Gasteiger partial charge >= 0.3 is 5.97 Å². The Bertz CT molecular complexity index is 154. The number of carboxylic acid groups (broad SMARTS) is 1. The topological polar surface area (TPSA) is 46.5 Å². The van der Waals surface area contributed by atoms with E-state index < -0.39 is 12.1 Å². The number of rotatable bonds is 6. The Kier molecular flexibility index (Phi) is 5.37. The lowest BCUT2D eigenvalue weighted by molar-refractivity contribution is -0.150. The Morgan fingerprint density at radius 3 is 2.58 bits per heavy atom. The van der Waals surface area contributed by atoms with Gasteiger partial charge in [0.25, 0.3) is 0 Å². The van der Waals surface area contributed by atoms with Gasteiger partial charge in [-0.3, -0.25) is 0 Å². The second-order valence-corrected chi connectivity index (χ2v) is 2.68. The highest BCUT2D eigenvalue weighted by atomic mass is 16.5. The maximum Gasteiger partial charge on any atom is 0.333 e. The van der Waals surface area contributed by atoms with Crippen molar-refractivity contribution in [2.45, 2.75) is 25.9 Å². The van der Waals surface area contributed by atoms with Gasteiger partial charge in [0.15, 0.2) is 6.10 Å². The molecule has 3 nitrogen and oxygen atoms in total. The molecule has 2 atom stereocenters. The Hall–Kier alpha value is -0.830. The molecule has 2 unspecified atom stereocenters. The molecule has 70 valence electrons. The molecule has 1 N–H and O–H groups in total. The van der Waals surface area contributed by atoms with Crippen molar-refractivity contribution in [1.82, 2.24) is 0 Å². The van der Waals surface area contributed by atoms with E-state index in [4.69, 9.17) is 9.84 Å². The van der Waals surface area contributed by atoms with Crippen LogP contribution < -0.4 is 0 Å². The summed E-state index contributed by atoms with van der Waals surface area (Å²) >= 11 is 0. The van der Waals surface area contributed by atoms with Crippen LogP contribution in [0.1, 0.15) is 19.8 Å². The van der Waals surface area contributed by atoms with Gasteiger partial charge < -0.3 is 9.84 Å². The van der Waals surface area contributed by atoms with E-state index in [9.17, 15) is 4.79 Å². The van der Waals surface area contributed by atoms with Gasteiger partial charge in [-0.05, 0) is 6.42 Å². The van der Waals surface area contributed by atoms with Crippen molar-refractivity contribution in [2.24, 2.45) is 5.92 Å². The highest BCUT2D eigenvalue weighted by molar-refractivity contribution is 5.73. The first-order chi connectivity index (χ1) is 5.67. The Morgan fingerprint density at radius 2 is 2.33 bits per heavy atom. The molecule has 0 bridgehead atoms. The number of ether oxygens (including phenoxy) is 1. The average Bonchev–Trinajstić information content (AvgIpc) is 2.03. The van der Waals surface area contributed by atoms with Gasteiger partial charge in [-0.1, -0.05) is 19.4 Å². The van der Waals surface area contributed by atoms with Crippen molar-refractivity contribution in [3.05, 3.63) is 12.7 Å². The van der Waals surface area contributed by atoms with E-state index >= 15 is 0 Å². The molecule has 0 aromatic rings. The lowest BCUT2D eigenvalue weighted by Gasteiger charge is -2.18. The Morgan fingerprint density at radius 1 is 1.75 bits per heavy atom. The van der Waals surface area contributed by atoms with E-state index in [1.54, 1.807) is 6.08 Å². The van der Waals surface area contributed by atoms with Crippen LogP contribution >= 0.6 is 0 Å². The SMILES string of the molecule is C=CC(CCC)C(OC)C(=O)O. The molecule has 0 aromatic heterocycles. The maximum absolute atomic E-state index is 10.6. The van der Waals surface area contributed by atoms with Crippen LogP contribution in [-0.4, -0.2) is 24.3 Å². The largest absolute Gasteiger partial charge is 0.479 e. The summed E-state index contributed by atoms with van der Waals surface area (Å²) in [6.45, 7) is 5.59. The minimum atomic E-state index is -0.921. The zero-order chi connectivity index (χ0) is 9.56. The van der Waals surface area contributed by atoms with Crippen LogP contribution in [0.5, 0.6) is 0 Å². The summed E-state index contributed by atoms with van der Waals surface area (Å²) in [5.74, 6) is -1.01. The third kappa shape index (κ3) is 3.05. The molecule has 0 aromatic carbocycles. The predicted molar refractivity (Wildman–Crippen MR) is 47.0 cm³/mol. The summed E-state index contributed by atoms with van der Waals surface area (Å²) < 4.78 is 4.85. The first kappa shape index (κ1) is 11.2. The molecule has 0 heterocycles. The van der Waals surface area contributed by atoms with Gasteiger partial charge in [-0.2, -0.15) is 0 Å². The van der Waals surface area contributed by atoms with Gasteiger partial charge in [0.05, 0.1) is 0 Å². The molecule has 0 saturated heterocycles. The molecular weight excluding hydrogens is 156 g/mol. The summed E-state index contributed by atoms with van der Waals surface area (Å²) in [6.07, 6.45) is 2.63. The fourth-order valence-corrected chi connectivity index (χ4v) is 1.18. The molecule has 0 fully saturated rings. The number of hydrogen-bond acceptors (Lipinski definition) is 2. The van der Waals surface area contributed by atoms with E-state index in [1.807, 2.05) is 6.92 Å². The number of carbonyl (C=O) groups is 1. The van der Waals surface area contributed by atoms with Crippen LogP contribution in [-0.2, 0) is 9.53 Å². The number of aliphatic carboxylic acids is 1. The average molecular weight is 172 g/mol. The van der Waals surface area contributed by atoms with Crippen molar-refractivity contribution in [2.75, 3.05) is 7.11 Å². The second-order valence-electron chi connectivity index (χ2n) is 2.68. The van der Waals surface area contributed by atoms with Gasteiger partial charge in [0.1, 0.15) is 0 Å². The molecule has 0 aliphatic carbocycles. The summed E-state index contributed by atoms with van der Waals surface area (Å²) in [5, 5.41) is 8.73. The molecule has 0 aliphatic heterocycles. The molecule has 0 spiro atoms. The van der Waals surface area contributed by atoms with E-state index in [1.165, 1.54) is 7.11 Å². The third-order valence-electron chi connectivity index (χ3n) is 1.81. The van der Waals surface area contributed by atoms with E-state index in [0.717, 1.165) is 12.8 Å². The first-order valence-corrected chi connectivity index (χ1v) is 4.05. The summed E-state index contributed by atoms with van der Waals surface area (Å²) in [6, 6.07) is 0. The first-order valence-electron chi connectivity index (χ1n) is 4.05. The van der Waals surface area contributed by atoms with Crippen molar-refractivity contribution in [3.8, 4) is 0 Å². The van der Waals surface area contributed by atoms with Crippen LogP contribution in [0.4, 0.5) is 0 Å². The highest BCUT2D eigenvalue weighted by Gasteiger charge is 2.24. The maximum atomic E-state index is 10.6. The van der Waals surface area contributed by atoms with Crippen molar-refractivity contribution < 1.29 is 14.6 Å². The summed E-state index contributed by atoms with van der Waals surface area (Å²) in [5.41, 5.74) is 0. The minimum absolute atomic E-state index is 0.0856. The zero-order valence-corrected chi connectivity index (χ0v) is 7.62. The van der Waals surface area contributed by atoms with E-state index in [2.05, 4.69) is 6.58 Å². The molecule has 0 rings (SSSR count). The van der Waals surface area contributed by atoms with Crippen LogP contribution in [0.2, 0.25) is 0 Å². The lowest BCUT2D eigenvalue weighted by atomic mass is 9.97. The summed E-state index contributed by atoms with van der Waals surface area (Å²) in [7, 11) is 1.41. The molecule has 0 saturated carbocycles. The van der Waals surface area contributed by atoms with Crippen LogP contribution in [0.25, 0.3) is 0 Å². The van der Waals surface area contributed by atoms with E-state index in [-0.39, 0.29) is 5.92 Å². The predicted octanol–water partition coefficient (Wildman–Crippen LogP) is 1.69. The lowest BCUT2D eigenvalue weighted by Crippen LogP contribution is -2.30. The van der Waals surface area contributed by atoms with Crippen molar-refractivity contribution >= 4 is 5.97 Å². The smallest absolute Gasteiger partial charge is 0.333 e. The second kappa shape index (κ2) is 5.77. The number of carboxylic acids is 1. The van der Waals surface area contributed by atoms with Gasteiger partial charge in [0.2, 0.25) is 0 Å². The van der Waals surface area contributed by atoms with Crippen molar-refractivity contribution in [1.29, 1.82) is 0 Å². The molecule has 12 heavy (non-hydrogen) atoms. The van der Waals surface area contributed by atoms with Crippen molar-refractivity contribution in [3.63, 3.8) is 0 Å². The molecule has 0 radical (unpaired) electrons. The fraction of sp³-hybridized carbons (Fsp3) is 0.667. The van der Waals surface area contributed by atoms with Crippen LogP contribution in [0.15, 0.2) is 12.7 Å².